The van der Waals surface area contributed by atoms with E-state index in [-0.39, 0.29) is 5.41 Å². The van der Waals surface area contributed by atoms with Crippen LogP contribution in [0.5, 0.6) is 0 Å². The lowest BCUT2D eigenvalue weighted by molar-refractivity contribution is 0.464. The number of nitrogens with one attached hydrogen (secondary N) is 1. The topological polar surface area (TPSA) is 12.0 Å². The predicted octanol–water partition coefficient (Wildman–Crippen LogP) is 3.67. The SMILES string of the molecule is C[C@@]12Cc3ccccc3[C@@H]1Nc1ccccc12. The number of para-hydroxylation sites is 1. The molecule has 0 spiro atoms. The molecule has 2 aromatic rings. The minimum atomic E-state index is 0.236. The van der Waals surface area contributed by atoms with Gasteiger partial charge in [0.05, 0.1) is 6.04 Å². The van der Waals surface area contributed by atoms with Crippen LogP contribution >= 0.6 is 0 Å². The van der Waals surface area contributed by atoms with Gasteiger partial charge in [-0.25, -0.2) is 0 Å². The van der Waals surface area contributed by atoms with Crippen molar-refractivity contribution in [2.45, 2.75) is 24.8 Å². The molecule has 2 aromatic carbocycles. The summed E-state index contributed by atoms with van der Waals surface area (Å²) in [5.74, 6) is 0. The van der Waals surface area contributed by atoms with Gasteiger partial charge < -0.3 is 5.32 Å². The van der Waals surface area contributed by atoms with E-state index in [1.807, 2.05) is 0 Å². The molecule has 1 heteroatoms. The molecule has 1 nitrogen and oxygen atoms in total. The maximum Gasteiger partial charge on any atom is 0.0614 e. The summed E-state index contributed by atoms with van der Waals surface area (Å²) in [6.07, 6.45) is 1.15. The molecular formula is C16H15N. The number of fused-ring (bicyclic) bond motifs is 5. The first-order chi connectivity index (χ1) is 8.29. The number of hydrogen-bond donors (Lipinski definition) is 1. The van der Waals surface area contributed by atoms with Crippen molar-refractivity contribution >= 4 is 5.69 Å². The Morgan fingerprint density at radius 2 is 1.82 bits per heavy atom. The molecule has 4 rings (SSSR count). The van der Waals surface area contributed by atoms with Crippen LogP contribution in [0.4, 0.5) is 5.69 Å². The Labute approximate surface area is 101 Å². The summed E-state index contributed by atoms with van der Waals surface area (Å²) in [6, 6.07) is 18.0. The molecule has 0 radical (unpaired) electrons. The summed E-state index contributed by atoms with van der Waals surface area (Å²) < 4.78 is 0. The second-order valence-corrected chi connectivity index (χ2v) is 5.42. The Morgan fingerprint density at radius 1 is 1.06 bits per heavy atom. The third-order valence-corrected chi connectivity index (χ3v) is 4.40. The van der Waals surface area contributed by atoms with Crippen molar-refractivity contribution < 1.29 is 0 Å². The van der Waals surface area contributed by atoms with E-state index in [1.54, 1.807) is 0 Å². The summed E-state index contributed by atoms with van der Waals surface area (Å²) in [5, 5.41) is 3.69. The van der Waals surface area contributed by atoms with Gasteiger partial charge in [-0.2, -0.15) is 0 Å². The van der Waals surface area contributed by atoms with Crippen molar-refractivity contribution in [2.75, 3.05) is 5.32 Å². The molecule has 17 heavy (non-hydrogen) atoms. The molecule has 0 saturated heterocycles. The van der Waals surface area contributed by atoms with Gasteiger partial charge in [0, 0.05) is 11.1 Å². The zero-order valence-electron chi connectivity index (χ0n) is 9.90. The fourth-order valence-corrected chi connectivity index (χ4v) is 3.57. The molecule has 2 atom stereocenters. The van der Waals surface area contributed by atoms with Crippen LogP contribution in [0.1, 0.15) is 29.7 Å². The van der Waals surface area contributed by atoms with Gasteiger partial charge in [0.25, 0.3) is 0 Å². The highest BCUT2D eigenvalue weighted by Gasteiger charge is 2.48. The predicted molar refractivity (Wildman–Crippen MR) is 70.3 cm³/mol. The molecular weight excluding hydrogens is 206 g/mol. The fourth-order valence-electron chi connectivity index (χ4n) is 3.57. The summed E-state index contributed by atoms with van der Waals surface area (Å²) in [4.78, 5) is 0. The minimum absolute atomic E-state index is 0.236. The first-order valence-corrected chi connectivity index (χ1v) is 6.23. The quantitative estimate of drug-likeness (QED) is 0.715. The Morgan fingerprint density at radius 3 is 2.76 bits per heavy atom. The average molecular weight is 221 g/mol. The molecule has 0 unspecified atom stereocenters. The molecule has 0 amide bonds. The molecule has 1 heterocycles. The molecule has 0 fully saturated rings. The van der Waals surface area contributed by atoms with Gasteiger partial charge in [-0.3, -0.25) is 0 Å². The van der Waals surface area contributed by atoms with Crippen molar-refractivity contribution in [3.05, 3.63) is 65.2 Å². The molecule has 1 N–H and O–H groups in total. The van der Waals surface area contributed by atoms with Crippen molar-refractivity contribution in [3.8, 4) is 0 Å². The minimum Gasteiger partial charge on any atom is -0.377 e. The van der Waals surface area contributed by atoms with Crippen molar-refractivity contribution in [2.24, 2.45) is 0 Å². The van der Waals surface area contributed by atoms with Crippen LogP contribution in [-0.2, 0) is 11.8 Å². The Kier molecular flexibility index (Phi) is 1.60. The van der Waals surface area contributed by atoms with E-state index in [9.17, 15) is 0 Å². The first kappa shape index (κ1) is 9.29. The lowest BCUT2D eigenvalue weighted by atomic mass is 9.79. The third kappa shape index (κ3) is 1.04. The fraction of sp³-hybridized carbons (Fsp3) is 0.250. The third-order valence-electron chi connectivity index (χ3n) is 4.40. The van der Waals surface area contributed by atoms with E-state index < -0.39 is 0 Å². The first-order valence-electron chi connectivity index (χ1n) is 6.23. The summed E-state index contributed by atoms with van der Waals surface area (Å²) >= 11 is 0. The highest BCUT2D eigenvalue weighted by Crippen LogP contribution is 2.55. The van der Waals surface area contributed by atoms with Gasteiger partial charge in [0.1, 0.15) is 0 Å². The molecule has 84 valence electrons. The molecule has 0 bridgehead atoms. The zero-order chi connectivity index (χ0) is 11.5. The maximum atomic E-state index is 3.69. The summed E-state index contributed by atoms with van der Waals surface area (Å²) in [5.41, 5.74) is 6.00. The van der Waals surface area contributed by atoms with E-state index in [0.717, 1.165) is 6.42 Å². The highest BCUT2D eigenvalue weighted by atomic mass is 15.0. The lowest BCUT2D eigenvalue weighted by Gasteiger charge is -2.24. The van der Waals surface area contributed by atoms with Crippen LogP contribution in [0, 0.1) is 0 Å². The van der Waals surface area contributed by atoms with Gasteiger partial charge in [-0.1, -0.05) is 49.4 Å². The number of anilines is 1. The van der Waals surface area contributed by atoms with Gasteiger partial charge >= 0.3 is 0 Å². The van der Waals surface area contributed by atoms with Crippen LogP contribution in [-0.4, -0.2) is 0 Å². The molecule has 0 aromatic heterocycles. The standard InChI is InChI=1S/C16H15N/c1-16-10-11-6-2-3-7-12(11)15(16)17-14-9-5-4-8-13(14)16/h2-9,15,17H,10H2,1H3/t15-,16-/m0/s1. The Bertz CT molecular complexity index is 602. The monoisotopic (exact) mass is 221 g/mol. The smallest absolute Gasteiger partial charge is 0.0614 e. The summed E-state index contributed by atoms with van der Waals surface area (Å²) in [7, 11) is 0. The Hall–Kier alpha value is -1.76. The average Bonchev–Trinajstić information content (AvgIpc) is 2.79. The van der Waals surface area contributed by atoms with Crippen molar-refractivity contribution in [1.29, 1.82) is 0 Å². The number of benzene rings is 2. The van der Waals surface area contributed by atoms with E-state index in [1.165, 1.54) is 22.4 Å². The highest BCUT2D eigenvalue weighted by molar-refractivity contribution is 5.66. The van der Waals surface area contributed by atoms with E-state index >= 15 is 0 Å². The normalized spacial score (nSPS) is 28.2. The largest absolute Gasteiger partial charge is 0.377 e. The van der Waals surface area contributed by atoms with Gasteiger partial charge in [0.15, 0.2) is 0 Å². The second-order valence-electron chi connectivity index (χ2n) is 5.42. The van der Waals surface area contributed by atoms with E-state index in [4.69, 9.17) is 0 Å². The van der Waals surface area contributed by atoms with Crippen LogP contribution in [0.3, 0.4) is 0 Å². The summed E-state index contributed by atoms with van der Waals surface area (Å²) in [6.45, 7) is 2.39. The van der Waals surface area contributed by atoms with Gasteiger partial charge in [-0.05, 0) is 29.2 Å². The van der Waals surface area contributed by atoms with Crippen LogP contribution < -0.4 is 5.32 Å². The number of rotatable bonds is 0. The molecule has 1 aliphatic heterocycles. The van der Waals surface area contributed by atoms with E-state index in [0.29, 0.717) is 6.04 Å². The van der Waals surface area contributed by atoms with Crippen LogP contribution in [0.15, 0.2) is 48.5 Å². The van der Waals surface area contributed by atoms with Crippen molar-refractivity contribution in [3.63, 3.8) is 0 Å². The second kappa shape index (κ2) is 2.92. The molecule has 1 aliphatic carbocycles. The van der Waals surface area contributed by atoms with Crippen LogP contribution in [0.25, 0.3) is 0 Å². The number of hydrogen-bond acceptors (Lipinski definition) is 1. The van der Waals surface area contributed by atoms with Crippen molar-refractivity contribution in [1.82, 2.24) is 0 Å². The maximum absolute atomic E-state index is 3.69. The molecule has 2 aliphatic rings. The lowest BCUT2D eigenvalue weighted by Crippen LogP contribution is -2.24. The molecule has 0 saturated carbocycles. The van der Waals surface area contributed by atoms with Gasteiger partial charge in [-0.15, -0.1) is 0 Å². The van der Waals surface area contributed by atoms with E-state index in [2.05, 4.69) is 60.8 Å². The van der Waals surface area contributed by atoms with Gasteiger partial charge in [0.2, 0.25) is 0 Å². The Balaban J connectivity index is 1.93. The van der Waals surface area contributed by atoms with Crippen LogP contribution in [0.2, 0.25) is 0 Å². The zero-order valence-corrected chi connectivity index (χ0v) is 9.90.